The molecule has 1 saturated heterocycles. The van der Waals surface area contributed by atoms with E-state index in [-0.39, 0.29) is 6.23 Å². The first kappa shape index (κ1) is 12.0. The second-order valence-electron chi connectivity index (χ2n) is 4.58. The Kier molecular flexibility index (Phi) is 3.24. The van der Waals surface area contributed by atoms with Gasteiger partial charge in [-0.2, -0.15) is 0 Å². The van der Waals surface area contributed by atoms with Crippen LogP contribution in [0.1, 0.15) is 31.1 Å². The molecule has 18 heavy (non-hydrogen) atoms. The predicted molar refractivity (Wildman–Crippen MR) is 71.5 cm³/mol. The monoisotopic (exact) mass is 265 g/mol. The Morgan fingerprint density at radius 3 is 3.06 bits per heavy atom. The van der Waals surface area contributed by atoms with E-state index in [2.05, 4.69) is 9.55 Å². The van der Waals surface area contributed by atoms with Gasteiger partial charge < -0.3 is 15.0 Å². The number of nitrogens with zero attached hydrogens (tertiary/aromatic N) is 2. The van der Waals surface area contributed by atoms with E-state index in [4.69, 9.17) is 22.1 Å². The highest BCUT2D eigenvalue weighted by Gasteiger charge is 2.19. The number of hydrogen-bond acceptors (Lipinski definition) is 3. The maximum atomic E-state index is 6.30. The van der Waals surface area contributed by atoms with Gasteiger partial charge in [0, 0.05) is 13.2 Å². The topological polar surface area (TPSA) is 53.1 Å². The smallest absolute Gasteiger partial charge is 0.135 e. The largest absolute Gasteiger partial charge is 0.358 e. The summed E-state index contributed by atoms with van der Waals surface area (Å²) in [6, 6.07) is 3.99. The van der Waals surface area contributed by atoms with Crippen molar-refractivity contribution in [2.24, 2.45) is 5.73 Å². The molecule has 4 nitrogen and oxygen atoms in total. The van der Waals surface area contributed by atoms with E-state index in [1.165, 1.54) is 6.42 Å². The van der Waals surface area contributed by atoms with E-state index in [1.807, 2.05) is 18.5 Å². The van der Waals surface area contributed by atoms with Crippen LogP contribution in [0.2, 0.25) is 5.02 Å². The van der Waals surface area contributed by atoms with Gasteiger partial charge in [-0.1, -0.05) is 17.7 Å². The number of nitrogens with two attached hydrogens (primary N) is 1. The lowest BCUT2D eigenvalue weighted by molar-refractivity contribution is -0.0295. The molecule has 1 unspecified atom stereocenters. The van der Waals surface area contributed by atoms with Crippen molar-refractivity contribution < 1.29 is 4.74 Å². The second-order valence-corrected chi connectivity index (χ2v) is 4.96. The molecule has 1 aliphatic rings. The van der Waals surface area contributed by atoms with Gasteiger partial charge in [-0.15, -0.1) is 0 Å². The Hall–Kier alpha value is -1.10. The van der Waals surface area contributed by atoms with Crippen molar-refractivity contribution in [3.63, 3.8) is 0 Å². The highest BCUT2D eigenvalue weighted by Crippen LogP contribution is 2.30. The van der Waals surface area contributed by atoms with Gasteiger partial charge >= 0.3 is 0 Å². The molecule has 1 aliphatic heterocycles. The molecule has 2 aromatic rings. The van der Waals surface area contributed by atoms with E-state index >= 15 is 0 Å². The molecule has 5 heteroatoms. The minimum Gasteiger partial charge on any atom is -0.358 e. The van der Waals surface area contributed by atoms with Crippen LogP contribution < -0.4 is 5.73 Å². The molecule has 1 aromatic carbocycles. The first-order chi connectivity index (χ1) is 8.81. The van der Waals surface area contributed by atoms with Gasteiger partial charge in [0.15, 0.2) is 0 Å². The zero-order valence-corrected chi connectivity index (χ0v) is 10.9. The molecule has 0 saturated carbocycles. The number of benzene rings is 1. The predicted octanol–water partition coefficient (Wildman–Crippen LogP) is 2.85. The lowest BCUT2D eigenvalue weighted by atomic mass is 10.1. The molecular formula is C13H16ClN3O. The summed E-state index contributed by atoms with van der Waals surface area (Å²) < 4.78 is 7.85. The summed E-state index contributed by atoms with van der Waals surface area (Å²) in [5.41, 5.74) is 8.41. The van der Waals surface area contributed by atoms with Crippen molar-refractivity contribution in [2.75, 3.05) is 6.61 Å². The molecule has 0 radical (unpaired) electrons. The van der Waals surface area contributed by atoms with Crippen LogP contribution in [0.5, 0.6) is 0 Å². The van der Waals surface area contributed by atoms with Crippen molar-refractivity contribution in [2.45, 2.75) is 32.0 Å². The van der Waals surface area contributed by atoms with Crippen LogP contribution in [-0.4, -0.2) is 16.2 Å². The molecular weight excluding hydrogens is 250 g/mol. The zero-order valence-electron chi connectivity index (χ0n) is 10.1. The maximum absolute atomic E-state index is 6.30. The highest BCUT2D eigenvalue weighted by atomic mass is 35.5. The molecule has 1 aromatic heterocycles. The molecule has 0 spiro atoms. The normalized spacial score (nSPS) is 20.4. The lowest BCUT2D eigenvalue weighted by Crippen LogP contribution is -2.17. The summed E-state index contributed by atoms with van der Waals surface area (Å²) in [5, 5.41) is 0.657. The second kappa shape index (κ2) is 4.88. The standard InChI is InChI=1S/C13H16ClN3O/c14-12-9(7-15)4-5-10-13(12)16-8-17(10)11-3-1-2-6-18-11/h4-5,8,11H,1-3,6-7,15H2. The van der Waals surface area contributed by atoms with Crippen molar-refractivity contribution in [1.82, 2.24) is 9.55 Å². The summed E-state index contributed by atoms with van der Waals surface area (Å²) in [7, 11) is 0. The van der Waals surface area contributed by atoms with Gasteiger partial charge in [0.1, 0.15) is 11.7 Å². The summed E-state index contributed by atoms with van der Waals surface area (Å²) >= 11 is 6.30. The average molecular weight is 266 g/mol. The van der Waals surface area contributed by atoms with Crippen molar-refractivity contribution in [3.8, 4) is 0 Å². The summed E-state index contributed by atoms with van der Waals surface area (Å²) in [6.45, 7) is 1.25. The van der Waals surface area contributed by atoms with Crippen molar-refractivity contribution in [1.29, 1.82) is 0 Å². The Morgan fingerprint density at radius 2 is 2.33 bits per heavy atom. The number of hydrogen-bond donors (Lipinski definition) is 1. The molecule has 3 rings (SSSR count). The van der Waals surface area contributed by atoms with Crippen LogP contribution >= 0.6 is 11.6 Å². The highest BCUT2D eigenvalue weighted by molar-refractivity contribution is 6.35. The van der Waals surface area contributed by atoms with Crippen LogP contribution in [0.4, 0.5) is 0 Å². The molecule has 0 bridgehead atoms. The van der Waals surface area contributed by atoms with Crippen LogP contribution in [0.3, 0.4) is 0 Å². The molecule has 1 atom stereocenters. The lowest BCUT2D eigenvalue weighted by Gasteiger charge is -2.24. The van der Waals surface area contributed by atoms with Gasteiger partial charge in [-0.25, -0.2) is 4.98 Å². The van der Waals surface area contributed by atoms with E-state index in [9.17, 15) is 0 Å². The fourth-order valence-electron chi connectivity index (χ4n) is 2.44. The fourth-order valence-corrected chi connectivity index (χ4v) is 2.73. The van der Waals surface area contributed by atoms with Gasteiger partial charge in [-0.3, -0.25) is 0 Å². The maximum Gasteiger partial charge on any atom is 0.135 e. The van der Waals surface area contributed by atoms with Crippen LogP contribution in [0, 0.1) is 0 Å². The molecule has 0 aliphatic carbocycles. The van der Waals surface area contributed by atoms with Crippen molar-refractivity contribution in [3.05, 3.63) is 29.0 Å². The minimum absolute atomic E-state index is 0.0866. The SMILES string of the molecule is NCc1ccc2c(ncn2C2CCCCO2)c1Cl. The third-order valence-electron chi connectivity index (χ3n) is 3.45. The zero-order chi connectivity index (χ0) is 12.5. The average Bonchev–Trinajstić information content (AvgIpc) is 2.85. The number of aromatic nitrogens is 2. The number of ether oxygens (including phenoxy) is 1. The van der Waals surface area contributed by atoms with Crippen LogP contribution in [0.25, 0.3) is 11.0 Å². The number of halogens is 1. The molecule has 96 valence electrons. The van der Waals surface area contributed by atoms with Gasteiger partial charge in [0.05, 0.1) is 16.9 Å². The summed E-state index contributed by atoms with van der Waals surface area (Å²) in [5.74, 6) is 0. The number of rotatable bonds is 2. The molecule has 1 fully saturated rings. The minimum atomic E-state index is 0.0866. The Morgan fingerprint density at radius 1 is 1.44 bits per heavy atom. The first-order valence-electron chi connectivity index (χ1n) is 6.27. The van der Waals surface area contributed by atoms with E-state index in [0.29, 0.717) is 11.6 Å². The fraction of sp³-hybridized carbons (Fsp3) is 0.462. The van der Waals surface area contributed by atoms with Crippen molar-refractivity contribution >= 4 is 22.6 Å². The van der Waals surface area contributed by atoms with Crippen LogP contribution in [-0.2, 0) is 11.3 Å². The van der Waals surface area contributed by atoms with E-state index in [0.717, 1.165) is 36.0 Å². The molecule has 2 N–H and O–H groups in total. The first-order valence-corrected chi connectivity index (χ1v) is 6.64. The Balaban J connectivity index is 2.06. The van der Waals surface area contributed by atoms with Gasteiger partial charge in [0.25, 0.3) is 0 Å². The Labute approximate surface area is 111 Å². The van der Waals surface area contributed by atoms with Crippen LogP contribution in [0.15, 0.2) is 18.5 Å². The van der Waals surface area contributed by atoms with Gasteiger partial charge in [0.2, 0.25) is 0 Å². The van der Waals surface area contributed by atoms with E-state index in [1.54, 1.807) is 0 Å². The van der Waals surface area contributed by atoms with E-state index < -0.39 is 0 Å². The Bertz CT molecular complexity index is 561. The quantitative estimate of drug-likeness (QED) is 0.908. The third-order valence-corrected chi connectivity index (χ3v) is 3.87. The van der Waals surface area contributed by atoms with Gasteiger partial charge in [-0.05, 0) is 30.9 Å². The molecule has 2 heterocycles. The molecule has 0 amide bonds. The third kappa shape index (κ3) is 1.90. The number of imidazole rings is 1. The summed E-state index contributed by atoms with van der Waals surface area (Å²) in [6.07, 6.45) is 5.26. The number of fused-ring (bicyclic) bond motifs is 1. The summed E-state index contributed by atoms with van der Waals surface area (Å²) in [4.78, 5) is 4.40.